The third kappa shape index (κ3) is 5.81. The van der Waals surface area contributed by atoms with E-state index in [2.05, 4.69) is 10.3 Å². The van der Waals surface area contributed by atoms with E-state index in [-0.39, 0.29) is 6.42 Å². The highest BCUT2D eigenvalue weighted by Crippen LogP contribution is 2.21. The fraction of sp³-hybridized carbons (Fsp3) is 0.238. The van der Waals surface area contributed by atoms with Gasteiger partial charge in [0.25, 0.3) is 0 Å². The summed E-state index contributed by atoms with van der Waals surface area (Å²) in [6, 6.07) is 15.9. The summed E-state index contributed by atoms with van der Waals surface area (Å²) in [6.45, 7) is 1.46. The van der Waals surface area contributed by atoms with Crippen molar-refractivity contribution in [3.05, 3.63) is 83.2 Å². The van der Waals surface area contributed by atoms with Crippen molar-refractivity contribution in [2.75, 3.05) is 12.0 Å². The first-order valence-corrected chi connectivity index (χ1v) is 8.95. The van der Waals surface area contributed by atoms with E-state index in [1.807, 2.05) is 30.3 Å². The maximum Gasteiger partial charge on any atom is 0.414 e. The monoisotopic (exact) mass is 394 g/mol. The number of rotatable bonds is 7. The van der Waals surface area contributed by atoms with Gasteiger partial charge in [-0.3, -0.25) is 9.69 Å². The van der Waals surface area contributed by atoms with E-state index >= 15 is 0 Å². The highest BCUT2D eigenvalue weighted by atomic mass is 16.5. The molecule has 0 saturated carbocycles. The van der Waals surface area contributed by atoms with E-state index in [0.717, 1.165) is 5.56 Å². The van der Waals surface area contributed by atoms with Gasteiger partial charge in [-0.15, -0.1) is 0 Å². The summed E-state index contributed by atoms with van der Waals surface area (Å²) in [4.78, 5) is 29.6. The average molecular weight is 394 g/mol. The second-order valence-electron chi connectivity index (χ2n) is 6.26. The zero-order valence-corrected chi connectivity index (χ0v) is 16.2. The number of ether oxygens (including phenoxy) is 1. The lowest BCUT2D eigenvalue weighted by Crippen LogP contribution is -2.53. The molecular weight excluding hydrogens is 372 g/mol. The van der Waals surface area contributed by atoms with Crippen molar-refractivity contribution in [1.29, 1.82) is 5.39 Å². The zero-order chi connectivity index (χ0) is 21.2. The van der Waals surface area contributed by atoms with Gasteiger partial charge in [-0.2, -0.15) is 0 Å². The molecule has 0 aliphatic carbocycles. The Kier molecular flexibility index (Phi) is 7.74. The Labute approximate surface area is 169 Å². The number of hydrogen-bond acceptors (Lipinski definition) is 5. The lowest BCUT2D eigenvalue weighted by Gasteiger charge is -2.31. The average Bonchev–Trinajstić information content (AvgIpc) is 2.74. The van der Waals surface area contributed by atoms with Gasteiger partial charge in [0.1, 0.15) is 6.04 Å². The smallest absolute Gasteiger partial charge is 0.414 e. The van der Waals surface area contributed by atoms with Crippen LogP contribution in [0.2, 0.25) is 0 Å². The molecule has 2 amide bonds. The molecule has 0 aliphatic heterocycles. The first-order chi connectivity index (χ1) is 14.0. The fourth-order valence-corrected chi connectivity index (χ4v) is 2.79. The zero-order valence-electron chi connectivity index (χ0n) is 16.2. The van der Waals surface area contributed by atoms with Gasteiger partial charge >= 0.3 is 12.3 Å². The Bertz CT molecular complexity index is 894. The Morgan fingerprint density at radius 2 is 1.76 bits per heavy atom. The summed E-state index contributed by atoms with van der Waals surface area (Å²) in [5.41, 5.74) is 1.31. The second kappa shape index (κ2) is 10.5. The number of amides is 2. The summed E-state index contributed by atoms with van der Waals surface area (Å²) in [6.07, 6.45) is 0.209. The minimum atomic E-state index is -0.978. The maximum absolute atomic E-state index is 13.1. The van der Waals surface area contributed by atoms with E-state index in [1.54, 1.807) is 30.3 Å². The predicted molar refractivity (Wildman–Crippen MR) is 106 cm³/mol. The third-order valence-corrected chi connectivity index (χ3v) is 4.26. The quantitative estimate of drug-likeness (QED) is 0.573. The Morgan fingerprint density at radius 1 is 1.17 bits per heavy atom. The van der Waals surface area contributed by atoms with Crippen LogP contribution in [0.15, 0.2) is 72.6 Å². The van der Waals surface area contributed by atoms with Gasteiger partial charge in [-0.25, -0.2) is 4.79 Å². The van der Waals surface area contributed by atoms with Crippen molar-refractivity contribution in [2.24, 2.45) is 0 Å². The summed E-state index contributed by atoms with van der Waals surface area (Å²) in [5.74, 6) is -1.13. The number of carbonyl (C=O) groups is 2. The summed E-state index contributed by atoms with van der Waals surface area (Å²) < 4.78 is 4.91. The highest BCUT2D eigenvalue weighted by molar-refractivity contribution is 5.97. The normalized spacial score (nSPS) is 12.9. The van der Waals surface area contributed by atoms with Crippen LogP contribution in [0.25, 0.3) is 4.98 Å². The molecule has 0 aliphatic rings. The number of carbonyl (C=O) groups excluding carboxylic acids is 2. The van der Waals surface area contributed by atoms with Crippen LogP contribution in [-0.4, -0.2) is 31.2 Å². The molecule has 0 fully saturated rings. The van der Waals surface area contributed by atoms with Crippen LogP contribution >= 0.6 is 0 Å². The van der Waals surface area contributed by atoms with Crippen LogP contribution in [0.5, 0.6) is 0 Å². The topological polar surface area (TPSA) is 110 Å². The van der Waals surface area contributed by atoms with Crippen LogP contribution in [0.1, 0.15) is 12.5 Å². The van der Waals surface area contributed by atoms with Gasteiger partial charge in [0.05, 0.1) is 7.11 Å². The summed E-state index contributed by atoms with van der Waals surface area (Å²) in [5, 5.41) is 23.0. The fourth-order valence-electron chi connectivity index (χ4n) is 2.79. The Morgan fingerprint density at radius 3 is 2.31 bits per heavy atom. The number of methoxy groups -OCH3 is 1. The van der Waals surface area contributed by atoms with Gasteiger partial charge in [-0.1, -0.05) is 48.5 Å². The van der Waals surface area contributed by atoms with Crippen molar-refractivity contribution in [2.45, 2.75) is 25.4 Å². The minimum absolute atomic E-state index is 0.200. The molecule has 0 spiro atoms. The number of anilines is 1. The van der Waals surface area contributed by atoms with Gasteiger partial charge in [0, 0.05) is 18.2 Å². The third-order valence-electron chi connectivity index (χ3n) is 4.26. The lowest BCUT2D eigenvalue weighted by molar-refractivity contribution is -0.309. The molecule has 8 heteroatoms. The van der Waals surface area contributed by atoms with Crippen molar-refractivity contribution < 1.29 is 19.4 Å². The SMILES string of the molecule is COC(=O)N(c1ccccc1)[C@@H](Cc1ccccc1)C(=O)N[C@@H](C)/C([O-])=C/[N+]#N. The number of nitrogens with one attached hydrogen (secondary N) is 1. The molecule has 0 saturated heterocycles. The number of benzene rings is 2. The maximum atomic E-state index is 13.1. The highest BCUT2D eigenvalue weighted by Gasteiger charge is 2.32. The van der Waals surface area contributed by atoms with E-state index in [4.69, 9.17) is 10.1 Å². The number of nitrogens with zero attached hydrogens (tertiary/aromatic N) is 3. The molecule has 0 heterocycles. The molecular formula is C21H22N4O4. The largest absolute Gasteiger partial charge is 0.869 e. The van der Waals surface area contributed by atoms with Crippen LogP contribution in [-0.2, 0) is 16.0 Å². The van der Waals surface area contributed by atoms with Crippen molar-refractivity contribution in [3.8, 4) is 0 Å². The van der Waals surface area contributed by atoms with Gasteiger partial charge in [-0.05, 0) is 30.4 Å². The van der Waals surface area contributed by atoms with Gasteiger partial charge in [0.15, 0.2) is 4.98 Å². The molecule has 0 bridgehead atoms. The Balaban J connectivity index is 2.42. The van der Waals surface area contributed by atoms with Crippen LogP contribution in [0.4, 0.5) is 10.5 Å². The second-order valence-corrected chi connectivity index (χ2v) is 6.26. The first kappa shape index (κ1) is 21.4. The molecule has 8 nitrogen and oxygen atoms in total. The van der Waals surface area contributed by atoms with Crippen molar-refractivity contribution >= 4 is 17.7 Å². The van der Waals surface area contributed by atoms with Crippen molar-refractivity contribution in [3.63, 3.8) is 0 Å². The molecule has 0 radical (unpaired) electrons. The standard InChI is InChI=1S/C21H22N4O4/c1-15(19(26)14-23-22)24-20(27)18(13-16-9-5-3-6-10-16)25(21(28)29-2)17-11-7-4-8-12-17/h3-12,14-15,18H,13H2,1-2H3,(H-,24,26,27)/b19-14-/t15-,18-/m0/s1. The van der Waals surface area contributed by atoms with Crippen LogP contribution < -0.4 is 15.3 Å². The molecule has 1 N–H and O–H groups in total. The Hall–Kier alpha value is -3.86. The molecule has 150 valence electrons. The van der Waals surface area contributed by atoms with Gasteiger partial charge < -0.3 is 15.2 Å². The van der Waals surface area contributed by atoms with E-state index < -0.39 is 29.8 Å². The molecule has 29 heavy (non-hydrogen) atoms. The summed E-state index contributed by atoms with van der Waals surface area (Å²) in [7, 11) is 1.24. The molecule has 2 aromatic carbocycles. The van der Waals surface area contributed by atoms with E-state index in [9.17, 15) is 14.7 Å². The predicted octanol–water partition coefficient (Wildman–Crippen LogP) is 2.43. The number of para-hydroxylation sites is 1. The lowest BCUT2D eigenvalue weighted by atomic mass is 10.0. The summed E-state index contributed by atoms with van der Waals surface area (Å²) >= 11 is 0. The molecule has 0 unspecified atom stereocenters. The van der Waals surface area contributed by atoms with Crippen LogP contribution in [0.3, 0.4) is 0 Å². The number of diazo groups is 1. The minimum Gasteiger partial charge on any atom is -0.869 e. The van der Waals surface area contributed by atoms with E-state index in [1.165, 1.54) is 18.9 Å². The number of hydrogen-bond donors (Lipinski definition) is 1. The van der Waals surface area contributed by atoms with Crippen LogP contribution in [0, 0.1) is 5.39 Å². The van der Waals surface area contributed by atoms with E-state index in [0.29, 0.717) is 11.9 Å². The van der Waals surface area contributed by atoms with Gasteiger partial charge in [0.2, 0.25) is 11.3 Å². The first-order valence-electron chi connectivity index (χ1n) is 8.95. The molecule has 2 rings (SSSR count). The van der Waals surface area contributed by atoms with Crippen molar-refractivity contribution in [1.82, 2.24) is 5.32 Å². The molecule has 0 aromatic heterocycles. The molecule has 2 aromatic rings. The molecule has 2 atom stereocenters.